The average molecular weight is 372 g/mol. The first kappa shape index (κ1) is 16.5. The molecule has 0 bridgehead atoms. The van der Waals surface area contributed by atoms with E-state index in [0.29, 0.717) is 5.92 Å². The summed E-state index contributed by atoms with van der Waals surface area (Å²) in [5, 5.41) is 0. The Morgan fingerprint density at radius 2 is 2.11 bits per heavy atom. The van der Waals surface area contributed by atoms with Crippen LogP contribution in [-0.2, 0) is 0 Å². The van der Waals surface area contributed by atoms with Crippen LogP contribution >= 0.6 is 22.6 Å². The van der Waals surface area contributed by atoms with E-state index in [2.05, 4.69) is 73.7 Å². The minimum Gasteiger partial charge on any atom is -0.492 e. The summed E-state index contributed by atoms with van der Waals surface area (Å²) in [7, 11) is 0. The maximum absolute atomic E-state index is 5.92. The monoisotopic (exact) mass is 372 g/mol. The molecular weight excluding hydrogens is 347 g/mol. The van der Waals surface area contributed by atoms with Gasteiger partial charge in [0.15, 0.2) is 0 Å². The van der Waals surface area contributed by atoms with Crippen molar-refractivity contribution in [3.05, 3.63) is 33.4 Å². The summed E-state index contributed by atoms with van der Waals surface area (Å²) < 4.78 is 7.12. The van der Waals surface area contributed by atoms with Gasteiger partial charge in [0.25, 0.3) is 0 Å². The molecule has 0 spiro atoms. The summed E-state index contributed by atoms with van der Waals surface area (Å²) >= 11 is 2.35. The van der Waals surface area contributed by atoms with Crippen molar-refractivity contribution >= 4 is 28.7 Å². The van der Waals surface area contributed by atoms with Crippen molar-refractivity contribution in [2.45, 2.75) is 46.5 Å². The molecule has 1 nitrogen and oxygen atoms in total. The molecule has 0 unspecified atom stereocenters. The van der Waals surface area contributed by atoms with Crippen molar-refractivity contribution in [3.8, 4) is 5.75 Å². The summed E-state index contributed by atoms with van der Waals surface area (Å²) in [6.07, 6.45) is 9.23. The van der Waals surface area contributed by atoms with E-state index >= 15 is 0 Å². The molecule has 1 aromatic carbocycles. The Morgan fingerprint density at radius 1 is 1.32 bits per heavy atom. The summed E-state index contributed by atoms with van der Waals surface area (Å²) in [4.78, 5) is 0. The number of allylic oxidation sites excluding steroid dienone is 1. The van der Waals surface area contributed by atoms with E-state index < -0.39 is 0 Å². The molecule has 0 heterocycles. The molecule has 0 aliphatic rings. The van der Waals surface area contributed by atoms with Crippen LogP contribution in [0.4, 0.5) is 0 Å². The second-order valence-corrected chi connectivity index (χ2v) is 6.22. The van der Waals surface area contributed by atoms with Gasteiger partial charge in [0.05, 0.1) is 10.2 Å². The highest BCUT2D eigenvalue weighted by Crippen LogP contribution is 2.24. The molecule has 1 atom stereocenters. The molecule has 1 aromatic rings. The van der Waals surface area contributed by atoms with Crippen molar-refractivity contribution in [1.29, 1.82) is 0 Å². The average Bonchev–Trinajstić information content (AvgIpc) is 2.41. The summed E-state index contributed by atoms with van der Waals surface area (Å²) in [5.41, 5.74) is 1.25. The molecule has 0 saturated heterocycles. The van der Waals surface area contributed by atoms with Gasteiger partial charge in [-0.3, -0.25) is 0 Å². The van der Waals surface area contributed by atoms with E-state index in [1.54, 1.807) is 0 Å². The lowest BCUT2D eigenvalue weighted by molar-refractivity contribution is 0.248. The van der Waals surface area contributed by atoms with Crippen LogP contribution in [0.3, 0.4) is 0 Å². The Balaban J connectivity index is 2.52. The predicted octanol–water partition coefficient (Wildman–Crippen LogP) is 5.92. The van der Waals surface area contributed by atoms with Gasteiger partial charge < -0.3 is 4.74 Å². The predicted molar refractivity (Wildman–Crippen MR) is 92.7 cm³/mol. The first-order valence-corrected chi connectivity index (χ1v) is 8.34. The molecule has 0 aromatic heterocycles. The summed E-state index contributed by atoms with van der Waals surface area (Å²) in [5.74, 6) is 1.65. The summed E-state index contributed by atoms with van der Waals surface area (Å²) in [6, 6.07) is 6.39. The molecule has 2 heteroatoms. The minimum atomic E-state index is 0.635. The molecule has 19 heavy (non-hydrogen) atoms. The molecule has 0 fully saturated rings. The maximum Gasteiger partial charge on any atom is 0.132 e. The Labute approximate surface area is 131 Å². The largest absolute Gasteiger partial charge is 0.492 e. The van der Waals surface area contributed by atoms with Crippen molar-refractivity contribution in [2.75, 3.05) is 6.61 Å². The third-order valence-electron chi connectivity index (χ3n) is 3.08. The zero-order chi connectivity index (χ0) is 14.1. The zero-order valence-electron chi connectivity index (χ0n) is 12.3. The van der Waals surface area contributed by atoms with E-state index in [0.717, 1.165) is 18.8 Å². The van der Waals surface area contributed by atoms with Gasteiger partial charge >= 0.3 is 0 Å². The van der Waals surface area contributed by atoms with Crippen LogP contribution in [0.1, 0.15) is 52.0 Å². The van der Waals surface area contributed by atoms with Crippen molar-refractivity contribution in [3.63, 3.8) is 0 Å². The van der Waals surface area contributed by atoms with Crippen LogP contribution in [0.15, 0.2) is 24.3 Å². The fraction of sp³-hybridized carbons (Fsp3) is 0.529. The Morgan fingerprint density at radius 3 is 2.74 bits per heavy atom. The van der Waals surface area contributed by atoms with Gasteiger partial charge in [-0.05, 0) is 59.0 Å². The van der Waals surface area contributed by atoms with E-state index in [1.807, 2.05) is 0 Å². The highest BCUT2D eigenvalue weighted by Gasteiger charge is 2.05. The maximum atomic E-state index is 5.92. The lowest BCUT2D eigenvalue weighted by Crippen LogP contribution is -2.09. The number of unbranched alkanes of at least 4 members (excludes halogenated alkanes) is 1. The SMILES string of the molecule is CC/C=C\c1ccc(OC[C@@H](C)CCCC)c(I)c1. The van der Waals surface area contributed by atoms with Crippen molar-refractivity contribution in [2.24, 2.45) is 5.92 Å². The van der Waals surface area contributed by atoms with Gasteiger partial charge in [-0.1, -0.05) is 51.8 Å². The van der Waals surface area contributed by atoms with Gasteiger partial charge in [0.2, 0.25) is 0 Å². The van der Waals surface area contributed by atoms with Crippen LogP contribution in [0.5, 0.6) is 5.75 Å². The highest BCUT2D eigenvalue weighted by molar-refractivity contribution is 14.1. The van der Waals surface area contributed by atoms with E-state index in [-0.39, 0.29) is 0 Å². The standard InChI is InChI=1S/C17H25IO/c1-4-6-8-14(3)13-19-17-11-10-15(9-7-5-2)12-16(17)18/h7,9-12,14H,4-6,8,13H2,1-3H3/b9-7-/t14-/m0/s1. The van der Waals surface area contributed by atoms with E-state index in [4.69, 9.17) is 4.74 Å². The molecule has 0 saturated carbocycles. The quantitative estimate of drug-likeness (QED) is 0.515. The van der Waals surface area contributed by atoms with Crippen LogP contribution in [0.2, 0.25) is 0 Å². The smallest absolute Gasteiger partial charge is 0.132 e. The lowest BCUT2D eigenvalue weighted by atomic mass is 10.1. The van der Waals surface area contributed by atoms with Crippen LogP contribution in [0, 0.1) is 9.49 Å². The van der Waals surface area contributed by atoms with Crippen LogP contribution in [-0.4, -0.2) is 6.61 Å². The first-order chi connectivity index (χ1) is 9.17. The normalized spacial score (nSPS) is 12.8. The molecule has 0 aliphatic heterocycles. The molecule has 0 aliphatic carbocycles. The number of benzene rings is 1. The minimum absolute atomic E-state index is 0.635. The molecule has 0 amide bonds. The Bertz CT molecular complexity index is 398. The van der Waals surface area contributed by atoms with Crippen LogP contribution < -0.4 is 4.74 Å². The van der Waals surface area contributed by atoms with Gasteiger partial charge in [0, 0.05) is 0 Å². The molecule has 0 N–H and O–H groups in total. The van der Waals surface area contributed by atoms with Crippen molar-refractivity contribution in [1.82, 2.24) is 0 Å². The number of hydrogen-bond acceptors (Lipinski definition) is 1. The van der Waals surface area contributed by atoms with Gasteiger partial charge in [-0.25, -0.2) is 0 Å². The van der Waals surface area contributed by atoms with Gasteiger partial charge in [-0.2, -0.15) is 0 Å². The van der Waals surface area contributed by atoms with E-state index in [9.17, 15) is 0 Å². The van der Waals surface area contributed by atoms with E-state index in [1.165, 1.54) is 28.4 Å². The summed E-state index contributed by atoms with van der Waals surface area (Å²) in [6.45, 7) is 7.47. The topological polar surface area (TPSA) is 9.23 Å². The third-order valence-corrected chi connectivity index (χ3v) is 3.92. The zero-order valence-corrected chi connectivity index (χ0v) is 14.4. The lowest BCUT2D eigenvalue weighted by Gasteiger charge is -2.14. The highest BCUT2D eigenvalue weighted by atomic mass is 127. The number of halogens is 1. The fourth-order valence-corrected chi connectivity index (χ4v) is 2.55. The number of hydrogen-bond donors (Lipinski definition) is 0. The molecule has 0 radical (unpaired) electrons. The van der Waals surface area contributed by atoms with Gasteiger partial charge in [-0.15, -0.1) is 0 Å². The number of rotatable bonds is 8. The first-order valence-electron chi connectivity index (χ1n) is 7.26. The molecular formula is C17H25IO. The second kappa shape index (κ2) is 9.40. The Kier molecular flexibility index (Phi) is 8.19. The number of ether oxygens (including phenoxy) is 1. The van der Waals surface area contributed by atoms with Crippen LogP contribution in [0.25, 0.3) is 6.08 Å². The van der Waals surface area contributed by atoms with Gasteiger partial charge in [0.1, 0.15) is 5.75 Å². The third kappa shape index (κ3) is 6.46. The molecule has 106 valence electrons. The fourth-order valence-electron chi connectivity index (χ4n) is 1.86. The molecule has 1 rings (SSSR count). The van der Waals surface area contributed by atoms with Crippen molar-refractivity contribution < 1.29 is 4.74 Å². The Hall–Kier alpha value is -0.510. The second-order valence-electron chi connectivity index (χ2n) is 5.06.